The number of carbonyl (C=O) groups excluding carboxylic acids is 1. The quantitative estimate of drug-likeness (QED) is 0.719. The topological polar surface area (TPSA) is 29.1 Å². The van der Waals surface area contributed by atoms with Gasteiger partial charge in [0.15, 0.2) is 0 Å². The number of carbonyl (C=O) groups is 1. The fourth-order valence-electron chi connectivity index (χ4n) is 1.33. The first-order chi connectivity index (χ1) is 5.67. The molecule has 0 aromatic carbocycles. The van der Waals surface area contributed by atoms with Gasteiger partial charge in [-0.25, -0.2) is 0 Å². The van der Waals surface area contributed by atoms with E-state index in [0.29, 0.717) is 5.92 Å². The summed E-state index contributed by atoms with van der Waals surface area (Å²) in [5, 5.41) is 2.73. The molecular formula is C11H23NO. The summed E-state index contributed by atoms with van der Waals surface area (Å²) in [7, 11) is 1.69. The molecule has 1 N–H and O–H groups in total. The minimum Gasteiger partial charge on any atom is -0.359 e. The Kier molecular flexibility index (Phi) is 3.54. The van der Waals surface area contributed by atoms with Crippen LogP contribution in [-0.2, 0) is 4.79 Å². The van der Waals surface area contributed by atoms with E-state index in [1.807, 2.05) is 13.8 Å². The van der Waals surface area contributed by atoms with Gasteiger partial charge in [0.25, 0.3) is 0 Å². The van der Waals surface area contributed by atoms with Crippen molar-refractivity contribution in [3.63, 3.8) is 0 Å². The van der Waals surface area contributed by atoms with Crippen LogP contribution in [0.3, 0.4) is 0 Å². The van der Waals surface area contributed by atoms with Crippen LogP contribution in [0.1, 0.15) is 41.5 Å². The van der Waals surface area contributed by atoms with Crippen molar-refractivity contribution in [1.82, 2.24) is 5.32 Å². The van der Waals surface area contributed by atoms with Gasteiger partial charge >= 0.3 is 0 Å². The molecule has 0 aromatic rings. The molecule has 78 valence electrons. The van der Waals surface area contributed by atoms with Gasteiger partial charge in [-0.3, -0.25) is 4.79 Å². The maximum atomic E-state index is 11.7. The molecule has 1 amide bonds. The monoisotopic (exact) mass is 185 g/mol. The van der Waals surface area contributed by atoms with Crippen molar-refractivity contribution < 1.29 is 4.79 Å². The SMILES string of the molecule is CNC(=O)C(C)(C)C(C)(C)C(C)C. The second-order valence-electron chi connectivity index (χ2n) is 5.08. The maximum Gasteiger partial charge on any atom is 0.225 e. The highest BCUT2D eigenvalue weighted by Gasteiger charge is 2.44. The van der Waals surface area contributed by atoms with Crippen LogP contribution in [-0.4, -0.2) is 13.0 Å². The molecule has 0 rings (SSSR count). The maximum absolute atomic E-state index is 11.7. The fraction of sp³-hybridized carbons (Fsp3) is 0.909. The Morgan fingerprint density at radius 3 is 1.77 bits per heavy atom. The highest BCUT2D eigenvalue weighted by atomic mass is 16.2. The van der Waals surface area contributed by atoms with Gasteiger partial charge in [-0.2, -0.15) is 0 Å². The van der Waals surface area contributed by atoms with Gasteiger partial charge in [-0.1, -0.05) is 41.5 Å². The van der Waals surface area contributed by atoms with Crippen LogP contribution >= 0.6 is 0 Å². The van der Waals surface area contributed by atoms with E-state index in [9.17, 15) is 4.79 Å². The summed E-state index contributed by atoms with van der Waals surface area (Å²) in [6.45, 7) is 12.6. The van der Waals surface area contributed by atoms with E-state index in [0.717, 1.165) is 0 Å². The van der Waals surface area contributed by atoms with Crippen LogP contribution < -0.4 is 5.32 Å². The van der Waals surface area contributed by atoms with E-state index < -0.39 is 0 Å². The summed E-state index contributed by atoms with van der Waals surface area (Å²) >= 11 is 0. The molecule has 0 heterocycles. The average molecular weight is 185 g/mol. The zero-order valence-corrected chi connectivity index (χ0v) is 9.99. The average Bonchev–Trinajstić information content (AvgIpc) is 2.02. The molecule has 2 nitrogen and oxygen atoms in total. The van der Waals surface area contributed by atoms with Gasteiger partial charge in [0, 0.05) is 12.5 Å². The lowest BCUT2D eigenvalue weighted by molar-refractivity contribution is -0.137. The molecule has 0 saturated carbocycles. The van der Waals surface area contributed by atoms with E-state index in [-0.39, 0.29) is 16.7 Å². The van der Waals surface area contributed by atoms with E-state index in [1.165, 1.54) is 0 Å². The van der Waals surface area contributed by atoms with Gasteiger partial charge < -0.3 is 5.32 Å². The summed E-state index contributed by atoms with van der Waals surface area (Å²) in [4.78, 5) is 11.7. The van der Waals surface area contributed by atoms with E-state index >= 15 is 0 Å². The third kappa shape index (κ3) is 2.04. The Balaban J connectivity index is 4.91. The molecule has 0 aromatic heterocycles. The zero-order valence-electron chi connectivity index (χ0n) is 9.99. The lowest BCUT2D eigenvalue weighted by atomic mass is 9.61. The molecule has 0 bridgehead atoms. The molecule has 0 fully saturated rings. The standard InChI is InChI=1S/C11H23NO/c1-8(2)10(3,4)11(5,6)9(13)12-7/h8H,1-7H3,(H,12,13). The van der Waals surface area contributed by atoms with Crippen LogP contribution in [0, 0.1) is 16.7 Å². The van der Waals surface area contributed by atoms with Crippen molar-refractivity contribution in [2.24, 2.45) is 16.7 Å². The zero-order chi connectivity index (χ0) is 10.9. The molecule has 2 heteroatoms. The van der Waals surface area contributed by atoms with E-state index in [4.69, 9.17) is 0 Å². The van der Waals surface area contributed by atoms with Crippen LogP contribution in [0.25, 0.3) is 0 Å². The van der Waals surface area contributed by atoms with Crippen LogP contribution in [0.4, 0.5) is 0 Å². The fourth-order valence-corrected chi connectivity index (χ4v) is 1.33. The Morgan fingerprint density at radius 1 is 1.15 bits per heavy atom. The predicted molar refractivity (Wildman–Crippen MR) is 56.5 cm³/mol. The van der Waals surface area contributed by atoms with Gasteiger partial charge in [-0.15, -0.1) is 0 Å². The summed E-state index contributed by atoms with van der Waals surface area (Å²) in [6, 6.07) is 0. The molecule has 0 atom stereocenters. The summed E-state index contributed by atoms with van der Waals surface area (Å²) in [5.74, 6) is 0.603. The van der Waals surface area contributed by atoms with Gasteiger partial charge in [0.1, 0.15) is 0 Å². The van der Waals surface area contributed by atoms with Crippen molar-refractivity contribution in [3.05, 3.63) is 0 Å². The molecule has 0 saturated heterocycles. The van der Waals surface area contributed by atoms with Crippen molar-refractivity contribution in [2.75, 3.05) is 7.05 Å². The van der Waals surface area contributed by atoms with Crippen LogP contribution in [0.2, 0.25) is 0 Å². The summed E-state index contributed by atoms with van der Waals surface area (Å²) < 4.78 is 0. The molecule has 0 radical (unpaired) electrons. The summed E-state index contributed by atoms with van der Waals surface area (Å²) in [5.41, 5.74) is -0.316. The number of rotatable bonds is 3. The second-order valence-corrected chi connectivity index (χ2v) is 5.08. The summed E-state index contributed by atoms with van der Waals surface area (Å²) in [6.07, 6.45) is 0. The second kappa shape index (κ2) is 3.69. The Bertz CT molecular complexity index is 192. The van der Waals surface area contributed by atoms with Crippen LogP contribution in [0.15, 0.2) is 0 Å². The molecular weight excluding hydrogens is 162 g/mol. The Morgan fingerprint density at radius 2 is 1.54 bits per heavy atom. The van der Waals surface area contributed by atoms with Crippen molar-refractivity contribution in [3.8, 4) is 0 Å². The third-order valence-electron chi connectivity index (χ3n) is 3.85. The third-order valence-corrected chi connectivity index (χ3v) is 3.85. The van der Waals surface area contributed by atoms with Crippen molar-refractivity contribution in [2.45, 2.75) is 41.5 Å². The molecule has 0 aliphatic rings. The molecule has 0 spiro atoms. The molecule has 0 aliphatic carbocycles. The highest BCUT2D eigenvalue weighted by Crippen LogP contribution is 2.44. The normalized spacial score (nSPS) is 13.2. The number of amides is 1. The lowest BCUT2D eigenvalue weighted by Gasteiger charge is -2.43. The highest BCUT2D eigenvalue weighted by molar-refractivity contribution is 5.82. The minimum absolute atomic E-state index is 0.00704. The number of hydrogen-bond donors (Lipinski definition) is 1. The molecule has 0 aliphatic heterocycles. The number of nitrogens with one attached hydrogen (secondary N) is 1. The Labute approximate surface area is 82.1 Å². The van der Waals surface area contributed by atoms with Gasteiger partial charge in [0.05, 0.1) is 0 Å². The van der Waals surface area contributed by atoms with Crippen LogP contribution in [0.5, 0.6) is 0 Å². The minimum atomic E-state index is -0.323. The lowest BCUT2D eigenvalue weighted by Crippen LogP contribution is -2.47. The number of hydrogen-bond acceptors (Lipinski definition) is 1. The van der Waals surface area contributed by atoms with Crippen molar-refractivity contribution >= 4 is 5.91 Å². The first kappa shape index (κ1) is 12.5. The first-order valence-corrected chi connectivity index (χ1v) is 4.90. The molecule has 0 unspecified atom stereocenters. The van der Waals surface area contributed by atoms with Gasteiger partial charge in [0.2, 0.25) is 5.91 Å². The van der Waals surface area contributed by atoms with Gasteiger partial charge in [-0.05, 0) is 11.3 Å². The smallest absolute Gasteiger partial charge is 0.225 e. The molecule has 13 heavy (non-hydrogen) atoms. The van der Waals surface area contributed by atoms with E-state index in [1.54, 1.807) is 7.05 Å². The van der Waals surface area contributed by atoms with Crippen molar-refractivity contribution in [1.29, 1.82) is 0 Å². The predicted octanol–water partition coefficient (Wildman–Crippen LogP) is 2.44. The largest absolute Gasteiger partial charge is 0.359 e. The first-order valence-electron chi connectivity index (χ1n) is 4.90. The van der Waals surface area contributed by atoms with E-state index in [2.05, 4.69) is 33.0 Å². The Hall–Kier alpha value is -0.530.